The molecule has 1 saturated carbocycles. The van der Waals surface area contributed by atoms with Gasteiger partial charge in [-0.05, 0) is 42.9 Å². The van der Waals surface area contributed by atoms with E-state index < -0.39 is 0 Å². The molecule has 0 amide bonds. The van der Waals surface area contributed by atoms with Crippen molar-refractivity contribution in [2.75, 3.05) is 11.9 Å². The zero-order chi connectivity index (χ0) is 15.4. The molecule has 0 bridgehead atoms. The molecular weight excluding hydrogens is 318 g/mol. The quantitative estimate of drug-likeness (QED) is 0.843. The second kappa shape index (κ2) is 7.40. The van der Waals surface area contributed by atoms with E-state index in [0.29, 0.717) is 12.0 Å². The van der Waals surface area contributed by atoms with Gasteiger partial charge in [0.25, 0.3) is 0 Å². The number of hydrogen-bond donors (Lipinski definition) is 2. The Morgan fingerprint density at radius 3 is 2.82 bits per heavy atom. The molecule has 4 nitrogen and oxygen atoms in total. The number of aliphatic hydroxyl groups is 1. The van der Waals surface area contributed by atoms with Crippen molar-refractivity contribution < 1.29 is 5.11 Å². The lowest BCUT2D eigenvalue weighted by Crippen LogP contribution is -2.24. The third kappa shape index (κ3) is 3.97. The summed E-state index contributed by atoms with van der Waals surface area (Å²) in [6, 6.07) is 8.25. The molecule has 1 aromatic heterocycles. The Balaban J connectivity index is 1.60. The van der Waals surface area contributed by atoms with Gasteiger partial charge in [-0.25, -0.2) is 0 Å². The van der Waals surface area contributed by atoms with Crippen LogP contribution >= 0.6 is 22.9 Å². The molecule has 2 aromatic rings. The molecule has 22 heavy (non-hydrogen) atoms. The van der Waals surface area contributed by atoms with Gasteiger partial charge in [-0.1, -0.05) is 41.5 Å². The van der Waals surface area contributed by atoms with Gasteiger partial charge in [0.2, 0.25) is 5.13 Å². The first-order valence-electron chi connectivity index (χ1n) is 7.69. The molecule has 2 unspecified atom stereocenters. The van der Waals surface area contributed by atoms with Gasteiger partial charge in [0.15, 0.2) is 0 Å². The summed E-state index contributed by atoms with van der Waals surface area (Å²) >= 11 is 7.51. The number of anilines is 1. The van der Waals surface area contributed by atoms with E-state index in [4.69, 9.17) is 16.7 Å². The molecule has 6 heteroatoms. The lowest BCUT2D eigenvalue weighted by Gasteiger charge is -2.19. The summed E-state index contributed by atoms with van der Waals surface area (Å²) in [6.07, 6.45) is 5.21. The highest BCUT2D eigenvalue weighted by atomic mass is 35.5. The Kier molecular flexibility index (Phi) is 5.28. The van der Waals surface area contributed by atoms with Gasteiger partial charge in [-0.2, -0.15) is 0 Å². The smallest absolute Gasteiger partial charge is 0.205 e. The van der Waals surface area contributed by atoms with Crippen LogP contribution in [0.25, 0.3) is 0 Å². The maximum absolute atomic E-state index is 9.14. The summed E-state index contributed by atoms with van der Waals surface area (Å²) < 4.78 is 0. The first kappa shape index (κ1) is 15.7. The van der Waals surface area contributed by atoms with Crippen molar-refractivity contribution in [1.29, 1.82) is 0 Å². The fraction of sp³-hybridized carbons (Fsp3) is 0.500. The van der Waals surface area contributed by atoms with Crippen molar-refractivity contribution in [1.82, 2.24) is 10.2 Å². The standard InChI is InChI=1S/C16H20ClN3OS/c17-13-6-4-11(5-7-13)10-15-19-20-16(22-15)18-14-3-1-2-12(14)8-9-21/h4-7,12,14,21H,1-3,8-10H2,(H,18,20). The van der Waals surface area contributed by atoms with Gasteiger partial charge in [0, 0.05) is 24.1 Å². The fourth-order valence-electron chi connectivity index (χ4n) is 3.06. The number of aliphatic hydroxyl groups excluding tert-OH is 1. The minimum Gasteiger partial charge on any atom is -0.396 e. The Hall–Kier alpha value is -1.17. The Labute approximate surface area is 139 Å². The lowest BCUT2D eigenvalue weighted by molar-refractivity contribution is 0.254. The maximum atomic E-state index is 9.14. The van der Waals surface area contributed by atoms with Crippen LogP contribution in [0.4, 0.5) is 5.13 Å². The summed E-state index contributed by atoms with van der Waals surface area (Å²) in [7, 11) is 0. The van der Waals surface area contributed by atoms with Gasteiger partial charge < -0.3 is 10.4 Å². The van der Waals surface area contributed by atoms with Crippen molar-refractivity contribution in [3.8, 4) is 0 Å². The number of aromatic nitrogens is 2. The molecule has 0 aliphatic heterocycles. The monoisotopic (exact) mass is 337 g/mol. The van der Waals surface area contributed by atoms with Gasteiger partial charge in [-0.3, -0.25) is 0 Å². The van der Waals surface area contributed by atoms with Crippen LogP contribution in [0.1, 0.15) is 36.3 Å². The van der Waals surface area contributed by atoms with E-state index in [2.05, 4.69) is 15.5 Å². The molecule has 1 aromatic carbocycles. The van der Waals surface area contributed by atoms with Crippen LogP contribution in [0.2, 0.25) is 5.02 Å². The molecule has 0 radical (unpaired) electrons. The van der Waals surface area contributed by atoms with Crippen LogP contribution in [-0.4, -0.2) is 28.0 Å². The van der Waals surface area contributed by atoms with E-state index in [0.717, 1.165) is 34.4 Å². The second-order valence-electron chi connectivity index (χ2n) is 5.76. The van der Waals surface area contributed by atoms with Crippen molar-refractivity contribution in [2.45, 2.75) is 38.1 Å². The number of hydrogen-bond acceptors (Lipinski definition) is 5. The molecular formula is C16H20ClN3OS. The largest absolute Gasteiger partial charge is 0.396 e. The predicted octanol–water partition coefficient (Wildman–Crippen LogP) is 3.75. The van der Waals surface area contributed by atoms with Crippen LogP contribution in [-0.2, 0) is 6.42 Å². The van der Waals surface area contributed by atoms with Crippen LogP contribution < -0.4 is 5.32 Å². The highest BCUT2D eigenvalue weighted by Crippen LogP contribution is 2.31. The van der Waals surface area contributed by atoms with Gasteiger partial charge in [0.05, 0.1) is 0 Å². The minimum absolute atomic E-state index is 0.265. The van der Waals surface area contributed by atoms with Crippen LogP contribution in [0, 0.1) is 5.92 Å². The molecule has 0 spiro atoms. The molecule has 0 saturated heterocycles. The van der Waals surface area contributed by atoms with Crippen LogP contribution in [0.3, 0.4) is 0 Å². The molecule has 118 valence electrons. The maximum Gasteiger partial charge on any atom is 0.205 e. The third-order valence-corrected chi connectivity index (χ3v) is 5.31. The topological polar surface area (TPSA) is 58.0 Å². The number of nitrogens with one attached hydrogen (secondary N) is 1. The first-order valence-corrected chi connectivity index (χ1v) is 8.88. The number of rotatable bonds is 6. The minimum atomic E-state index is 0.265. The molecule has 1 aliphatic rings. The Morgan fingerprint density at radius 2 is 2.05 bits per heavy atom. The predicted molar refractivity (Wildman–Crippen MR) is 90.6 cm³/mol. The second-order valence-corrected chi connectivity index (χ2v) is 7.26. The van der Waals surface area contributed by atoms with E-state index in [1.54, 1.807) is 11.3 Å². The average Bonchev–Trinajstić information content (AvgIpc) is 3.13. The summed E-state index contributed by atoms with van der Waals surface area (Å²) in [5.74, 6) is 0.550. The zero-order valence-electron chi connectivity index (χ0n) is 12.3. The fourth-order valence-corrected chi connectivity index (χ4v) is 4.02. The Bertz CT molecular complexity index is 602. The van der Waals surface area contributed by atoms with Crippen molar-refractivity contribution >= 4 is 28.1 Å². The molecule has 1 fully saturated rings. The summed E-state index contributed by atoms with van der Waals surface area (Å²) in [5, 5.41) is 23.8. The third-order valence-electron chi connectivity index (χ3n) is 4.20. The summed E-state index contributed by atoms with van der Waals surface area (Å²) in [4.78, 5) is 0. The van der Waals surface area contributed by atoms with Crippen molar-refractivity contribution in [3.05, 3.63) is 39.9 Å². The molecule has 2 atom stereocenters. The normalized spacial score (nSPS) is 21.2. The van der Waals surface area contributed by atoms with Gasteiger partial charge >= 0.3 is 0 Å². The highest BCUT2D eigenvalue weighted by molar-refractivity contribution is 7.15. The molecule has 3 rings (SSSR count). The highest BCUT2D eigenvalue weighted by Gasteiger charge is 2.27. The first-order chi connectivity index (χ1) is 10.7. The zero-order valence-corrected chi connectivity index (χ0v) is 13.9. The number of benzene rings is 1. The van der Waals surface area contributed by atoms with Gasteiger partial charge in [0.1, 0.15) is 5.01 Å². The van der Waals surface area contributed by atoms with E-state index in [1.165, 1.54) is 18.4 Å². The molecule has 2 N–H and O–H groups in total. The number of halogens is 1. The summed E-state index contributed by atoms with van der Waals surface area (Å²) in [6.45, 7) is 0.265. The van der Waals surface area contributed by atoms with Crippen molar-refractivity contribution in [2.24, 2.45) is 5.92 Å². The van der Waals surface area contributed by atoms with E-state index in [-0.39, 0.29) is 6.61 Å². The average molecular weight is 338 g/mol. The molecule has 1 aliphatic carbocycles. The SMILES string of the molecule is OCCC1CCCC1Nc1nnc(Cc2ccc(Cl)cc2)s1. The number of nitrogens with zero attached hydrogens (tertiary/aromatic N) is 2. The van der Waals surface area contributed by atoms with E-state index >= 15 is 0 Å². The summed E-state index contributed by atoms with van der Waals surface area (Å²) in [5.41, 5.74) is 1.19. The van der Waals surface area contributed by atoms with E-state index in [9.17, 15) is 0 Å². The van der Waals surface area contributed by atoms with Crippen LogP contribution in [0.5, 0.6) is 0 Å². The lowest BCUT2D eigenvalue weighted by atomic mass is 10.0. The van der Waals surface area contributed by atoms with Crippen LogP contribution in [0.15, 0.2) is 24.3 Å². The van der Waals surface area contributed by atoms with Crippen molar-refractivity contribution in [3.63, 3.8) is 0 Å². The molecule has 1 heterocycles. The van der Waals surface area contributed by atoms with E-state index in [1.807, 2.05) is 24.3 Å². The van der Waals surface area contributed by atoms with Gasteiger partial charge in [-0.15, -0.1) is 10.2 Å². The Morgan fingerprint density at radius 1 is 1.23 bits per heavy atom.